The largest absolute Gasteiger partial charge is 0.417 e. The molecule has 0 unspecified atom stereocenters. The molecule has 1 rings (SSSR count). The van der Waals surface area contributed by atoms with Gasteiger partial charge in [0.1, 0.15) is 0 Å². The van der Waals surface area contributed by atoms with Gasteiger partial charge < -0.3 is 0 Å². The van der Waals surface area contributed by atoms with E-state index in [0.717, 1.165) is 12.5 Å². The fourth-order valence-corrected chi connectivity index (χ4v) is 1.86. The van der Waals surface area contributed by atoms with Gasteiger partial charge in [0.05, 0.1) is 5.56 Å². The van der Waals surface area contributed by atoms with Crippen LogP contribution in [-0.4, -0.2) is 19.7 Å². The zero-order valence-electron chi connectivity index (χ0n) is 7.34. The fraction of sp³-hybridized carbons (Fsp3) is 0.286. The molecular formula is C7H5BrF3NO2S. The van der Waals surface area contributed by atoms with Crippen LogP contribution in [0.4, 0.5) is 13.2 Å². The third-order valence-corrected chi connectivity index (χ3v) is 3.13. The summed E-state index contributed by atoms with van der Waals surface area (Å²) in [7, 11) is -3.73. The van der Waals surface area contributed by atoms with Crippen molar-refractivity contribution in [3.8, 4) is 0 Å². The molecule has 84 valence electrons. The summed E-state index contributed by atoms with van der Waals surface area (Å²) < 4.78 is 58.8. The number of nitrogens with zero attached hydrogens (tertiary/aromatic N) is 1. The molecule has 0 radical (unpaired) electrons. The molecule has 3 nitrogen and oxygen atoms in total. The van der Waals surface area contributed by atoms with Crippen LogP contribution >= 0.6 is 15.9 Å². The van der Waals surface area contributed by atoms with Gasteiger partial charge in [0, 0.05) is 16.9 Å². The Hall–Kier alpha value is -0.630. The van der Waals surface area contributed by atoms with Crippen molar-refractivity contribution in [1.29, 1.82) is 0 Å². The van der Waals surface area contributed by atoms with Gasteiger partial charge in [-0.25, -0.2) is 13.4 Å². The average molecular weight is 304 g/mol. The molecule has 0 fully saturated rings. The summed E-state index contributed by atoms with van der Waals surface area (Å²) in [6.07, 6.45) is -3.00. The Labute approximate surface area is 92.4 Å². The van der Waals surface area contributed by atoms with Crippen molar-refractivity contribution in [1.82, 2.24) is 4.98 Å². The van der Waals surface area contributed by atoms with E-state index in [-0.39, 0.29) is 4.47 Å². The standard InChI is InChI=1S/C7H5BrF3NO2S/c1-15(13,14)6-2-4(7(9,10)11)5(8)3-12-6/h2-3H,1H3. The predicted molar refractivity (Wildman–Crippen MR) is 50.0 cm³/mol. The number of hydrogen-bond donors (Lipinski definition) is 0. The van der Waals surface area contributed by atoms with Crippen molar-refractivity contribution in [3.63, 3.8) is 0 Å². The highest BCUT2D eigenvalue weighted by atomic mass is 79.9. The summed E-state index contributed by atoms with van der Waals surface area (Å²) in [6.45, 7) is 0. The van der Waals surface area contributed by atoms with Gasteiger partial charge in [-0.05, 0) is 22.0 Å². The van der Waals surface area contributed by atoms with Crippen LogP contribution in [0.1, 0.15) is 5.56 Å². The summed E-state index contributed by atoms with van der Waals surface area (Å²) >= 11 is 2.66. The minimum absolute atomic E-state index is 0.289. The van der Waals surface area contributed by atoms with Crippen LogP contribution in [0, 0.1) is 0 Å². The van der Waals surface area contributed by atoms with Gasteiger partial charge in [-0.3, -0.25) is 0 Å². The summed E-state index contributed by atoms with van der Waals surface area (Å²) in [4.78, 5) is 3.39. The molecule has 0 aliphatic carbocycles. The third-order valence-electron chi connectivity index (χ3n) is 1.52. The fourth-order valence-electron chi connectivity index (χ4n) is 0.840. The van der Waals surface area contributed by atoms with Crippen molar-refractivity contribution in [2.24, 2.45) is 0 Å². The Kier molecular flexibility index (Phi) is 3.11. The Bertz CT molecular complexity index is 483. The molecule has 8 heteroatoms. The van der Waals surface area contributed by atoms with Crippen LogP contribution in [0.3, 0.4) is 0 Å². The summed E-state index contributed by atoms with van der Waals surface area (Å²) in [5, 5.41) is -0.599. The van der Waals surface area contributed by atoms with E-state index in [9.17, 15) is 21.6 Å². The van der Waals surface area contributed by atoms with Gasteiger partial charge in [0.2, 0.25) is 0 Å². The number of halogens is 4. The number of aromatic nitrogens is 1. The van der Waals surface area contributed by atoms with E-state index in [1.54, 1.807) is 0 Å². The van der Waals surface area contributed by atoms with Gasteiger partial charge in [-0.2, -0.15) is 13.2 Å². The lowest BCUT2D eigenvalue weighted by Crippen LogP contribution is -2.09. The molecule has 0 aromatic carbocycles. The second-order valence-electron chi connectivity index (χ2n) is 2.77. The van der Waals surface area contributed by atoms with E-state index in [0.29, 0.717) is 6.07 Å². The van der Waals surface area contributed by atoms with Crippen LogP contribution in [0.15, 0.2) is 21.8 Å². The van der Waals surface area contributed by atoms with Crippen molar-refractivity contribution in [2.45, 2.75) is 11.2 Å². The zero-order chi connectivity index (χ0) is 11.9. The lowest BCUT2D eigenvalue weighted by molar-refractivity contribution is -0.138. The molecule has 0 atom stereocenters. The molecule has 0 bridgehead atoms. The average Bonchev–Trinajstić information content (AvgIpc) is 2.00. The van der Waals surface area contributed by atoms with Gasteiger partial charge in [-0.15, -0.1) is 0 Å². The van der Waals surface area contributed by atoms with Crippen LogP contribution < -0.4 is 0 Å². The van der Waals surface area contributed by atoms with Gasteiger partial charge >= 0.3 is 6.18 Å². The SMILES string of the molecule is CS(=O)(=O)c1cc(C(F)(F)F)c(Br)cn1. The molecule has 0 saturated heterocycles. The van der Waals surface area contributed by atoms with E-state index in [2.05, 4.69) is 20.9 Å². The second kappa shape index (κ2) is 3.75. The number of hydrogen-bond acceptors (Lipinski definition) is 3. The van der Waals surface area contributed by atoms with E-state index >= 15 is 0 Å². The van der Waals surface area contributed by atoms with E-state index in [1.165, 1.54) is 0 Å². The quantitative estimate of drug-likeness (QED) is 0.799. The summed E-state index contributed by atoms with van der Waals surface area (Å²) in [5.74, 6) is 0. The third kappa shape index (κ3) is 2.91. The maximum Gasteiger partial charge on any atom is 0.417 e. The van der Waals surface area contributed by atoms with Crippen LogP contribution in [0.2, 0.25) is 0 Å². The maximum absolute atomic E-state index is 12.4. The van der Waals surface area contributed by atoms with Crippen LogP contribution in [0.5, 0.6) is 0 Å². The molecule has 0 aliphatic heterocycles. The van der Waals surface area contributed by atoms with Gasteiger partial charge in [0.15, 0.2) is 14.9 Å². The minimum atomic E-state index is -4.61. The highest BCUT2D eigenvalue weighted by Gasteiger charge is 2.34. The summed E-state index contributed by atoms with van der Waals surface area (Å²) in [6, 6.07) is 0.499. The molecule has 1 aromatic rings. The number of pyridine rings is 1. The Morgan fingerprint density at radius 1 is 1.40 bits per heavy atom. The highest BCUT2D eigenvalue weighted by molar-refractivity contribution is 9.10. The Morgan fingerprint density at radius 2 is 1.93 bits per heavy atom. The first kappa shape index (κ1) is 12.4. The van der Waals surface area contributed by atoms with E-state index in [1.807, 2.05) is 0 Å². The molecule has 0 spiro atoms. The molecule has 1 aromatic heterocycles. The minimum Gasteiger partial charge on any atom is -0.244 e. The maximum atomic E-state index is 12.4. The van der Waals surface area contributed by atoms with E-state index < -0.39 is 26.6 Å². The molecule has 0 N–H and O–H groups in total. The lowest BCUT2D eigenvalue weighted by Gasteiger charge is -2.09. The molecule has 0 saturated carbocycles. The molecule has 0 aliphatic rings. The Balaban J connectivity index is 3.43. The highest BCUT2D eigenvalue weighted by Crippen LogP contribution is 2.35. The number of alkyl halides is 3. The summed E-state index contributed by atoms with van der Waals surface area (Å²) in [5.41, 5.74) is -1.06. The van der Waals surface area contributed by atoms with Crippen molar-refractivity contribution < 1.29 is 21.6 Å². The second-order valence-corrected chi connectivity index (χ2v) is 5.59. The molecular weight excluding hydrogens is 299 g/mol. The lowest BCUT2D eigenvalue weighted by atomic mass is 10.3. The van der Waals surface area contributed by atoms with Crippen LogP contribution in [-0.2, 0) is 16.0 Å². The first-order valence-corrected chi connectivity index (χ1v) is 6.23. The molecule has 15 heavy (non-hydrogen) atoms. The molecule has 0 amide bonds. The normalized spacial score (nSPS) is 12.9. The number of rotatable bonds is 1. The number of sulfone groups is 1. The van der Waals surface area contributed by atoms with Crippen molar-refractivity contribution >= 4 is 25.8 Å². The van der Waals surface area contributed by atoms with Gasteiger partial charge in [-0.1, -0.05) is 0 Å². The topological polar surface area (TPSA) is 47.0 Å². The van der Waals surface area contributed by atoms with Gasteiger partial charge in [0.25, 0.3) is 0 Å². The van der Waals surface area contributed by atoms with Crippen molar-refractivity contribution in [2.75, 3.05) is 6.26 Å². The van der Waals surface area contributed by atoms with Crippen LogP contribution in [0.25, 0.3) is 0 Å². The monoisotopic (exact) mass is 303 g/mol. The molecule has 1 heterocycles. The zero-order valence-corrected chi connectivity index (χ0v) is 9.74. The van der Waals surface area contributed by atoms with E-state index in [4.69, 9.17) is 0 Å². The first-order valence-electron chi connectivity index (χ1n) is 3.55. The predicted octanol–water partition coefficient (Wildman–Crippen LogP) is 2.27. The Morgan fingerprint density at radius 3 is 2.33 bits per heavy atom. The first-order chi connectivity index (χ1) is 6.62. The smallest absolute Gasteiger partial charge is 0.244 e. The van der Waals surface area contributed by atoms with Crippen molar-refractivity contribution in [3.05, 3.63) is 22.3 Å².